The highest BCUT2D eigenvalue weighted by molar-refractivity contribution is 5.78. The Balaban J connectivity index is 4.04. The maximum atomic E-state index is 13.6. The van der Waals surface area contributed by atoms with Crippen molar-refractivity contribution in [2.75, 3.05) is 0 Å². The van der Waals surface area contributed by atoms with E-state index in [-0.39, 0.29) is 0 Å². The molecule has 0 saturated carbocycles. The van der Waals surface area contributed by atoms with Crippen molar-refractivity contribution in [1.29, 1.82) is 0 Å². The van der Waals surface area contributed by atoms with E-state index in [1.807, 2.05) is 0 Å². The predicted molar refractivity (Wildman–Crippen MR) is 46.4 cm³/mol. The smallest absolute Gasteiger partial charge is 0.435 e. The lowest BCUT2D eigenvalue weighted by molar-refractivity contribution is -0.547. The summed E-state index contributed by atoms with van der Waals surface area (Å²) in [5.74, 6) is -28.7. The Morgan fingerprint density at radius 1 is 0.643 bits per heavy atom. The molecule has 0 aliphatic carbocycles. The van der Waals surface area contributed by atoms with Crippen LogP contribution in [-0.4, -0.2) is 58.6 Å². The Morgan fingerprint density at radius 2 is 0.929 bits per heavy atom. The zero-order valence-corrected chi connectivity index (χ0v) is 11.8. The third-order valence-corrected chi connectivity index (χ3v) is 3.47. The molecule has 0 aromatic heterocycles. The lowest BCUT2D eigenvalue weighted by Crippen LogP contribution is -2.87. The van der Waals surface area contributed by atoms with E-state index in [0.717, 1.165) is 0 Å². The van der Waals surface area contributed by atoms with Gasteiger partial charge in [-0.2, -0.15) is 65.9 Å². The van der Waals surface area contributed by atoms with Gasteiger partial charge in [0.15, 0.2) is 0 Å². The maximum Gasteiger partial charge on any atom is 0.435 e. The average Bonchev–Trinajstić information content (AvgIpc) is 2.41. The highest BCUT2D eigenvalue weighted by Gasteiger charge is 2.99. The summed E-state index contributed by atoms with van der Waals surface area (Å²) in [6, 6.07) is -24.3. The number of likely N-dealkylation sites (tertiary alicyclic amines) is 1. The molecule has 0 aromatic rings. The van der Waals surface area contributed by atoms with Crippen LogP contribution in [0.15, 0.2) is 0 Å². The van der Waals surface area contributed by atoms with Gasteiger partial charge in [0.2, 0.25) is 0 Å². The first-order valence-electron chi connectivity index (χ1n) is 5.85. The molecule has 0 bridgehead atoms. The molecule has 1 heterocycles. The van der Waals surface area contributed by atoms with Crippen molar-refractivity contribution in [2.45, 2.75) is 47.8 Å². The molecule has 1 unspecified atom stereocenters. The maximum absolute atomic E-state index is 13.6. The predicted octanol–water partition coefficient (Wildman–Crippen LogP) is 3.01. The number of alkyl halides is 16. The molecule has 1 aliphatic heterocycles. The number of aliphatic carboxylic acids is 1. The highest BCUT2D eigenvalue weighted by atomic mass is 19.4. The Bertz CT molecular complexity index is 638. The lowest BCUT2D eigenvalue weighted by Gasteiger charge is -2.54. The second-order valence-electron chi connectivity index (χ2n) is 5.13. The molecule has 0 N–H and O–H groups in total. The average molecular weight is 458 g/mol. The van der Waals surface area contributed by atoms with Crippen LogP contribution in [0.1, 0.15) is 0 Å². The first kappa shape index (κ1) is 24.3. The number of hydrogen-bond donors (Lipinski definition) is 0. The van der Waals surface area contributed by atoms with E-state index < -0.39 is 58.6 Å². The topological polar surface area (TPSA) is 43.4 Å². The quantitative estimate of drug-likeness (QED) is 0.483. The second-order valence-corrected chi connectivity index (χ2v) is 5.13. The zero-order chi connectivity index (χ0) is 23.2. The van der Waals surface area contributed by atoms with Crippen LogP contribution in [0, 0.1) is 0 Å². The zero-order valence-electron chi connectivity index (χ0n) is 11.8. The lowest BCUT2D eigenvalue weighted by atomic mass is 9.90. The minimum atomic E-state index is -8.24. The number of carboxylic acid groups (broad SMARTS) is 1. The fourth-order valence-electron chi connectivity index (χ4n) is 1.95. The van der Waals surface area contributed by atoms with Gasteiger partial charge in [-0.1, -0.05) is 0 Å². The minimum Gasteiger partial charge on any atom is -0.546 e. The Kier molecular flexibility index (Phi) is 4.75. The van der Waals surface area contributed by atoms with Crippen molar-refractivity contribution in [3.63, 3.8) is 0 Å². The molecule has 1 atom stereocenters. The van der Waals surface area contributed by atoms with Crippen molar-refractivity contribution >= 4 is 5.97 Å². The first-order chi connectivity index (χ1) is 11.8. The molecule has 0 spiro atoms. The molecular weight excluding hydrogens is 458 g/mol. The summed E-state index contributed by atoms with van der Waals surface area (Å²) in [6.07, 6.45) is -7.73. The van der Waals surface area contributed by atoms with Gasteiger partial charge >= 0.3 is 47.8 Å². The highest BCUT2D eigenvalue weighted by Crippen LogP contribution is 2.68. The van der Waals surface area contributed by atoms with E-state index in [0.29, 0.717) is 0 Å². The van der Waals surface area contributed by atoms with E-state index in [9.17, 15) is 80.1 Å². The standard InChI is InChI=1S/C9HF16NO2/c10-2(1(27)28,6(17,18)19)7(20,21)26-8(22,23)4(13,14)3(11,12)5(15,16)9(26,24)25/h(H,27,28)/p-1. The molecule has 1 aliphatic rings. The van der Waals surface area contributed by atoms with Crippen LogP contribution in [-0.2, 0) is 4.79 Å². The molecule has 3 nitrogen and oxygen atoms in total. The van der Waals surface area contributed by atoms with E-state index >= 15 is 0 Å². The molecule has 28 heavy (non-hydrogen) atoms. The molecule has 1 rings (SSSR count). The van der Waals surface area contributed by atoms with Crippen molar-refractivity contribution in [2.24, 2.45) is 0 Å². The molecule has 0 amide bonds. The fourth-order valence-corrected chi connectivity index (χ4v) is 1.95. The molecule has 19 heteroatoms. The third-order valence-electron chi connectivity index (χ3n) is 3.47. The summed E-state index contributed by atoms with van der Waals surface area (Å²) in [6.45, 7) is 0. The minimum absolute atomic E-state index is 4.55. The van der Waals surface area contributed by atoms with Gasteiger partial charge in [-0.3, -0.25) is 0 Å². The summed E-state index contributed by atoms with van der Waals surface area (Å²) < 4.78 is 209. The van der Waals surface area contributed by atoms with E-state index in [1.165, 1.54) is 0 Å². The summed E-state index contributed by atoms with van der Waals surface area (Å²) in [5.41, 5.74) is -7.76. The number of carbonyl (C=O) groups is 1. The SMILES string of the molecule is O=C([O-])C(F)(C(F)(F)F)C(F)(F)N1C(F)(F)C(F)(F)C(F)(F)C(F)(F)C1(F)F. The number of hydrogen-bond acceptors (Lipinski definition) is 3. The fraction of sp³-hybridized carbons (Fsp3) is 0.889. The Morgan fingerprint density at radius 3 is 1.14 bits per heavy atom. The summed E-state index contributed by atoms with van der Waals surface area (Å²) >= 11 is 0. The van der Waals surface area contributed by atoms with Crippen LogP contribution in [0.4, 0.5) is 70.2 Å². The summed E-state index contributed by atoms with van der Waals surface area (Å²) in [5, 5.41) is 10.1. The molecule has 1 saturated heterocycles. The van der Waals surface area contributed by atoms with E-state index in [2.05, 4.69) is 0 Å². The van der Waals surface area contributed by atoms with Gasteiger partial charge in [-0.25, -0.2) is 4.39 Å². The molecule has 1 fully saturated rings. The van der Waals surface area contributed by atoms with Crippen molar-refractivity contribution in [3.05, 3.63) is 0 Å². The normalized spacial score (nSPS) is 28.4. The largest absolute Gasteiger partial charge is 0.546 e. The monoisotopic (exact) mass is 458 g/mol. The van der Waals surface area contributed by atoms with E-state index in [4.69, 9.17) is 0 Å². The number of nitrogens with zero attached hydrogens (tertiary/aromatic N) is 1. The first-order valence-corrected chi connectivity index (χ1v) is 5.85. The van der Waals surface area contributed by atoms with Crippen LogP contribution in [0.25, 0.3) is 0 Å². The molecule has 166 valence electrons. The van der Waals surface area contributed by atoms with Crippen molar-refractivity contribution in [3.8, 4) is 0 Å². The number of halogens is 16. The van der Waals surface area contributed by atoms with Gasteiger partial charge in [0.25, 0.3) is 0 Å². The van der Waals surface area contributed by atoms with Crippen LogP contribution >= 0.6 is 0 Å². The van der Waals surface area contributed by atoms with Gasteiger partial charge in [-0.15, -0.1) is 4.90 Å². The molecular formula is C9F16NO2-. The molecule has 0 radical (unpaired) electrons. The number of piperidine rings is 1. The van der Waals surface area contributed by atoms with Crippen molar-refractivity contribution < 1.29 is 80.1 Å². The van der Waals surface area contributed by atoms with Gasteiger partial charge in [0, 0.05) is 0 Å². The van der Waals surface area contributed by atoms with Crippen LogP contribution in [0.5, 0.6) is 0 Å². The molecule has 0 aromatic carbocycles. The number of carbonyl (C=O) groups excluding carboxylic acids is 1. The van der Waals surface area contributed by atoms with Crippen LogP contribution < -0.4 is 5.11 Å². The van der Waals surface area contributed by atoms with Gasteiger partial charge in [-0.05, 0) is 0 Å². The Labute approximate surface area is 140 Å². The van der Waals surface area contributed by atoms with Gasteiger partial charge in [0.05, 0.1) is 5.97 Å². The van der Waals surface area contributed by atoms with Gasteiger partial charge in [0.1, 0.15) is 0 Å². The summed E-state index contributed by atoms with van der Waals surface area (Å²) in [4.78, 5) is 5.56. The third kappa shape index (κ3) is 2.27. The van der Waals surface area contributed by atoms with Crippen molar-refractivity contribution in [1.82, 2.24) is 4.90 Å². The van der Waals surface area contributed by atoms with Crippen LogP contribution in [0.3, 0.4) is 0 Å². The Hall–Kier alpha value is -1.69. The number of rotatable bonds is 3. The van der Waals surface area contributed by atoms with Crippen LogP contribution in [0.2, 0.25) is 0 Å². The van der Waals surface area contributed by atoms with Gasteiger partial charge < -0.3 is 9.90 Å². The summed E-state index contributed by atoms with van der Waals surface area (Å²) in [7, 11) is 0. The second kappa shape index (κ2) is 5.47. The van der Waals surface area contributed by atoms with E-state index in [1.54, 1.807) is 0 Å². The number of carboxylic acids is 1.